The Morgan fingerprint density at radius 3 is 2.31 bits per heavy atom. The molecule has 0 saturated carbocycles. The smallest absolute Gasteiger partial charge is 0.872 e. The van der Waals surface area contributed by atoms with Crippen LogP contribution in [0.15, 0.2) is 36.4 Å². The predicted molar refractivity (Wildman–Crippen MR) is 112 cm³/mol. The van der Waals surface area contributed by atoms with E-state index in [0.29, 0.717) is 12.0 Å². The number of hydrogen-bond donors (Lipinski definition) is 3. The van der Waals surface area contributed by atoms with Crippen molar-refractivity contribution in [2.75, 3.05) is 13.1 Å². The quantitative estimate of drug-likeness (QED) is 0.390. The van der Waals surface area contributed by atoms with Crippen molar-refractivity contribution < 1.29 is 40.6 Å². The summed E-state index contributed by atoms with van der Waals surface area (Å²) >= 11 is 0. The third-order valence-electron chi connectivity index (χ3n) is 4.85. The van der Waals surface area contributed by atoms with Gasteiger partial charge in [-0.25, -0.2) is 4.79 Å². The van der Waals surface area contributed by atoms with E-state index in [0.717, 1.165) is 5.56 Å². The number of aromatic carboxylic acids is 1. The second-order valence-electron chi connectivity index (χ2n) is 6.94. The summed E-state index contributed by atoms with van der Waals surface area (Å²) in [6, 6.07) is 8.69. The molecule has 1 heterocycles. The molecule has 1 aliphatic rings. The van der Waals surface area contributed by atoms with Gasteiger partial charge < -0.3 is 48.6 Å². The van der Waals surface area contributed by atoms with Crippen LogP contribution in [-0.4, -0.2) is 73.3 Å². The SMILES string of the molecule is [Be+2].[CH2-]Cc1ccc(OC2CN(C(=O)[C@H](N)Cc3ccc(O)cc3)C2)c(C(=O)O)c1[O-].[OH-].[OH-]. The fourth-order valence-corrected chi connectivity index (χ4v) is 3.19. The zero-order chi connectivity index (χ0) is 21.1. The van der Waals surface area contributed by atoms with Crippen LogP contribution < -0.4 is 15.6 Å². The summed E-state index contributed by atoms with van der Waals surface area (Å²) in [5, 5.41) is 30.9. The first kappa shape index (κ1) is 28.8. The van der Waals surface area contributed by atoms with E-state index in [2.05, 4.69) is 6.92 Å². The van der Waals surface area contributed by atoms with Gasteiger partial charge in [0.15, 0.2) is 0 Å². The van der Waals surface area contributed by atoms with Crippen LogP contribution in [0, 0.1) is 6.92 Å². The number of ether oxygens (including phenoxy) is 1. The Kier molecular flexibility index (Phi) is 10.8. The van der Waals surface area contributed by atoms with Crippen molar-refractivity contribution in [2.45, 2.75) is 25.0 Å². The van der Waals surface area contributed by atoms with E-state index in [1.54, 1.807) is 12.1 Å². The summed E-state index contributed by atoms with van der Waals surface area (Å²) in [4.78, 5) is 25.4. The maximum absolute atomic E-state index is 12.5. The summed E-state index contributed by atoms with van der Waals surface area (Å²) < 4.78 is 5.65. The van der Waals surface area contributed by atoms with Crippen molar-refractivity contribution in [3.05, 3.63) is 60.0 Å². The molecule has 1 atom stereocenters. The van der Waals surface area contributed by atoms with Crippen LogP contribution in [0.4, 0.5) is 0 Å². The molecule has 1 amide bonds. The van der Waals surface area contributed by atoms with Crippen molar-refractivity contribution in [3.8, 4) is 17.2 Å². The number of benzene rings is 2. The average Bonchev–Trinajstić information content (AvgIpc) is 2.65. The largest absolute Gasteiger partial charge is 2.00 e. The van der Waals surface area contributed by atoms with E-state index in [-0.39, 0.29) is 58.0 Å². The molecule has 1 aliphatic heterocycles. The van der Waals surface area contributed by atoms with E-state index in [1.807, 2.05) is 0 Å². The van der Waals surface area contributed by atoms with Crippen LogP contribution in [0.25, 0.3) is 0 Å². The minimum atomic E-state index is -1.36. The number of amides is 1. The van der Waals surface area contributed by atoms with Crippen molar-refractivity contribution in [3.63, 3.8) is 0 Å². The van der Waals surface area contributed by atoms with Crippen LogP contribution in [0.5, 0.6) is 17.2 Å². The molecule has 0 aromatic heterocycles. The van der Waals surface area contributed by atoms with Gasteiger partial charge in [0.1, 0.15) is 17.6 Å². The molecule has 1 fully saturated rings. The molecule has 0 bridgehead atoms. The standard InChI is InChI=1S/C21H23N2O6.Be.2H2O/c1-2-13-5-8-17(18(19(13)25)21(27)28)29-15-10-23(11-15)20(26)16(22)9-12-3-6-14(24)7-4-12;;;/h3-8,15-16,24-25H,1-2,9-11,22H2,(H,27,28);;2*1H2/q-1;+2;;/p-3/t16-;;;/m1.../s1. The van der Waals surface area contributed by atoms with Crippen LogP contribution in [0.1, 0.15) is 21.5 Å². The maximum Gasteiger partial charge on any atom is 2.00 e. The number of carboxylic acid groups (broad SMARTS) is 1. The number of rotatable bonds is 7. The van der Waals surface area contributed by atoms with E-state index >= 15 is 0 Å². The molecule has 170 valence electrons. The number of nitrogens with zero attached hydrogens (tertiary/aromatic N) is 1. The maximum atomic E-state index is 12.5. The van der Waals surface area contributed by atoms with Crippen LogP contribution >= 0.6 is 0 Å². The van der Waals surface area contributed by atoms with Gasteiger partial charge in [0.05, 0.1) is 24.7 Å². The first-order valence-electron chi connectivity index (χ1n) is 9.14. The van der Waals surface area contributed by atoms with Gasteiger partial charge in [-0.15, -0.1) is 0 Å². The molecule has 2 aromatic rings. The minimum absolute atomic E-state index is 0. The summed E-state index contributed by atoms with van der Waals surface area (Å²) in [5.74, 6) is -2.07. The van der Waals surface area contributed by atoms with E-state index in [1.165, 1.54) is 29.2 Å². The Hall–Kier alpha value is -3.17. The molecule has 0 radical (unpaired) electrons. The van der Waals surface area contributed by atoms with Crippen molar-refractivity contribution in [2.24, 2.45) is 5.73 Å². The molecular weight excluding hydrogens is 417 g/mol. The Balaban J connectivity index is 0.00000320. The van der Waals surface area contributed by atoms with Crippen molar-refractivity contribution in [1.29, 1.82) is 0 Å². The molecule has 0 unspecified atom stereocenters. The number of carbonyl (C=O) groups excluding carboxylic acids is 1. The van der Waals surface area contributed by atoms with Gasteiger partial charge in [-0.1, -0.05) is 29.5 Å². The van der Waals surface area contributed by atoms with Crippen LogP contribution in [0.3, 0.4) is 0 Å². The van der Waals surface area contributed by atoms with Gasteiger partial charge in [0.25, 0.3) is 0 Å². The monoisotopic (exact) mass is 441 g/mol. The summed E-state index contributed by atoms with van der Waals surface area (Å²) in [5.41, 5.74) is 6.71. The van der Waals surface area contributed by atoms with Gasteiger partial charge in [0, 0.05) is 0 Å². The van der Waals surface area contributed by atoms with E-state index in [4.69, 9.17) is 10.5 Å². The third kappa shape index (κ3) is 6.18. The Morgan fingerprint density at radius 1 is 1.19 bits per heavy atom. The third-order valence-corrected chi connectivity index (χ3v) is 4.85. The van der Waals surface area contributed by atoms with Gasteiger partial charge in [0.2, 0.25) is 5.91 Å². The number of phenolic OH excluding ortho intramolecular Hbond substituents is 1. The first-order valence-corrected chi connectivity index (χ1v) is 9.14. The normalized spacial score (nSPS) is 13.5. The molecular formula is C21H24BeN2O8-2. The number of phenols is 1. The molecule has 3 rings (SSSR count). The molecule has 32 heavy (non-hydrogen) atoms. The molecule has 11 heteroatoms. The van der Waals surface area contributed by atoms with Gasteiger partial charge in [-0.05, 0) is 30.2 Å². The second-order valence-corrected chi connectivity index (χ2v) is 6.94. The van der Waals surface area contributed by atoms with Gasteiger partial charge >= 0.3 is 16.1 Å². The molecule has 6 N–H and O–H groups in total. The zero-order valence-electron chi connectivity index (χ0n) is 17.3. The van der Waals surface area contributed by atoms with Crippen molar-refractivity contribution in [1.82, 2.24) is 4.90 Å². The zero-order valence-corrected chi connectivity index (χ0v) is 17.3. The topological polar surface area (TPSA) is 196 Å². The van der Waals surface area contributed by atoms with Crippen molar-refractivity contribution >= 4 is 22.0 Å². The van der Waals surface area contributed by atoms with E-state index in [9.17, 15) is 24.9 Å². The fourth-order valence-electron chi connectivity index (χ4n) is 3.19. The van der Waals surface area contributed by atoms with Crippen LogP contribution in [-0.2, 0) is 17.6 Å². The Bertz CT molecular complexity index is 917. The first-order chi connectivity index (χ1) is 13.8. The number of carbonyl (C=O) groups is 2. The Labute approximate surface area is 189 Å². The number of likely N-dealkylation sites (tertiary alicyclic amines) is 1. The van der Waals surface area contributed by atoms with Gasteiger partial charge in [-0.2, -0.15) is 6.42 Å². The molecule has 0 aliphatic carbocycles. The summed E-state index contributed by atoms with van der Waals surface area (Å²) in [7, 11) is 0. The number of aromatic hydroxyl groups is 1. The predicted octanol–water partition coefficient (Wildman–Crippen LogP) is -0.0342. The molecule has 1 saturated heterocycles. The fraction of sp³-hybridized carbons (Fsp3) is 0.286. The molecule has 10 nitrogen and oxygen atoms in total. The number of nitrogens with two attached hydrogens (primary N) is 1. The van der Waals surface area contributed by atoms with E-state index < -0.39 is 29.4 Å². The van der Waals surface area contributed by atoms with Gasteiger partial charge in [-0.3, -0.25) is 4.79 Å². The van der Waals surface area contributed by atoms with Crippen LogP contribution in [0.2, 0.25) is 0 Å². The summed E-state index contributed by atoms with van der Waals surface area (Å²) in [6.07, 6.45) is 0.100. The Morgan fingerprint density at radius 2 is 1.78 bits per heavy atom. The molecule has 2 aromatic carbocycles. The second kappa shape index (κ2) is 12.0. The number of hydrogen-bond acceptors (Lipinski definition) is 8. The average molecular weight is 441 g/mol. The summed E-state index contributed by atoms with van der Waals surface area (Å²) in [6.45, 7) is 4.13. The molecule has 0 spiro atoms. The number of carboxylic acids is 1. The minimum Gasteiger partial charge on any atom is -0.872 e.